The first-order chi connectivity index (χ1) is 8.90. The minimum absolute atomic E-state index is 0.144. The van der Waals surface area contributed by atoms with Gasteiger partial charge in [0.2, 0.25) is 0 Å². The van der Waals surface area contributed by atoms with E-state index in [0.717, 1.165) is 30.9 Å². The summed E-state index contributed by atoms with van der Waals surface area (Å²) in [5.74, 6) is 1.71. The molecule has 19 heavy (non-hydrogen) atoms. The molecule has 0 aromatic carbocycles. The van der Waals surface area contributed by atoms with E-state index >= 15 is 0 Å². The molecule has 6 heteroatoms. The maximum atomic E-state index is 10.4. The number of nitrogens with one attached hydrogen (secondary N) is 1. The van der Waals surface area contributed by atoms with Gasteiger partial charge >= 0.3 is 0 Å². The molecule has 0 saturated heterocycles. The molecule has 0 unspecified atom stereocenters. The maximum absolute atomic E-state index is 10.4. The van der Waals surface area contributed by atoms with E-state index in [-0.39, 0.29) is 5.54 Å². The average Bonchev–Trinajstić information content (AvgIpc) is 2.74. The SMILES string of the molecule is CNn1c(CCC=O)nnc1CCN(C)C(C)(C)C. The number of aromatic nitrogens is 3. The van der Waals surface area contributed by atoms with Crippen molar-refractivity contribution in [3.8, 4) is 0 Å². The van der Waals surface area contributed by atoms with Gasteiger partial charge in [-0.1, -0.05) is 0 Å². The van der Waals surface area contributed by atoms with E-state index in [2.05, 4.69) is 48.3 Å². The van der Waals surface area contributed by atoms with Gasteiger partial charge < -0.3 is 15.1 Å². The molecule has 1 rings (SSSR count). The Morgan fingerprint density at radius 3 is 2.32 bits per heavy atom. The molecule has 0 spiro atoms. The second-order valence-electron chi connectivity index (χ2n) is 5.64. The van der Waals surface area contributed by atoms with Gasteiger partial charge in [-0.25, -0.2) is 4.68 Å². The second-order valence-corrected chi connectivity index (χ2v) is 5.64. The number of rotatable bonds is 7. The first-order valence-corrected chi connectivity index (χ1v) is 6.66. The number of carbonyl (C=O) groups excluding carboxylic acids is 1. The van der Waals surface area contributed by atoms with Gasteiger partial charge in [-0.15, -0.1) is 10.2 Å². The zero-order chi connectivity index (χ0) is 14.5. The Labute approximate surface area is 115 Å². The van der Waals surface area contributed by atoms with E-state index in [4.69, 9.17) is 0 Å². The standard InChI is InChI=1S/C13H25N5O/c1-13(2,3)17(5)9-8-12-16-15-11(7-6-10-19)18(12)14-4/h10,14H,6-9H2,1-5H3. The van der Waals surface area contributed by atoms with Gasteiger partial charge in [0.25, 0.3) is 0 Å². The molecule has 0 fully saturated rings. The molecule has 0 aliphatic carbocycles. The van der Waals surface area contributed by atoms with Crippen molar-refractivity contribution >= 4 is 6.29 Å². The normalized spacial score (nSPS) is 11.9. The summed E-state index contributed by atoms with van der Waals surface area (Å²) in [5, 5.41) is 8.34. The topological polar surface area (TPSA) is 63.1 Å². The summed E-state index contributed by atoms with van der Waals surface area (Å²) in [6.07, 6.45) is 2.82. The fraction of sp³-hybridized carbons (Fsp3) is 0.769. The van der Waals surface area contributed by atoms with Crippen molar-refractivity contribution in [3.63, 3.8) is 0 Å². The lowest BCUT2D eigenvalue weighted by molar-refractivity contribution is -0.107. The van der Waals surface area contributed by atoms with Crippen LogP contribution in [0.3, 0.4) is 0 Å². The molecular formula is C13H25N5O. The minimum Gasteiger partial charge on any atom is -0.326 e. The lowest BCUT2D eigenvalue weighted by Crippen LogP contribution is -2.39. The third-order valence-electron chi connectivity index (χ3n) is 3.32. The summed E-state index contributed by atoms with van der Waals surface area (Å²) in [4.78, 5) is 12.7. The predicted molar refractivity (Wildman–Crippen MR) is 75.8 cm³/mol. The Morgan fingerprint density at radius 1 is 1.26 bits per heavy atom. The Bertz CT molecular complexity index is 408. The Morgan fingerprint density at radius 2 is 1.84 bits per heavy atom. The van der Waals surface area contributed by atoms with Crippen LogP contribution in [0, 0.1) is 0 Å². The highest BCUT2D eigenvalue weighted by Gasteiger charge is 2.18. The zero-order valence-electron chi connectivity index (χ0n) is 12.6. The highest BCUT2D eigenvalue weighted by Crippen LogP contribution is 2.11. The molecule has 0 saturated carbocycles. The number of aryl methyl sites for hydroxylation is 1. The van der Waals surface area contributed by atoms with E-state index in [1.807, 2.05) is 11.7 Å². The first kappa shape index (κ1) is 15.6. The van der Waals surface area contributed by atoms with Crippen LogP contribution in [0.1, 0.15) is 38.8 Å². The number of hydrogen-bond donors (Lipinski definition) is 1. The van der Waals surface area contributed by atoms with Crippen molar-refractivity contribution in [2.45, 2.75) is 45.6 Å². The van der Waals surface area contributed by atoms with E-state index in [9.17, 15) is 4.79 Å². The molecule has 0 amide bonds. The van der Waals surface area contributed by atoms with Crippen LogP contribution in [-0.2, 0) is 17.6 Å². The fourth-order valence-electron chi connectivity index (χ4n) is 1.73. The third-order valence-corrected chi connectivity index (χ3v) is 3.32. The number of aldehydes is 1. The summed E-state index contributed by atoms with van der Waals surface area (Å²) in [6.45, 7) is 7.47. The van der Waals surface area contributed by atoms with Gasteiger partial charge in [0.15, 0.2) is 11.6 Å². The summed E-state index contributed by atoms with van der Waals surface area (Å²) in [7, 11) is 3.94. The Kier molecular flexibility index (Phi) is 5.47. The molecule has 1 aromatic rings. The summed E-state index contributed by atoms with van der Waals surface area (Å²) < 4.78 is 1.88. The number of hydrogen-bond acceptors (Lipinski definition) is 5. The number of likely N-dealkylation sites (N-methyl/N-ethyl adjacent to an activating group) is 1. The molecule has 0 atom stereocenters. The van der Waals surface area contributed by atoms with Crippen LogP contribution in [0.15, 0.2) is 0 Å². The highest BCUT2D eigenvalue weighted by atomic mass is 16.1. The summed E-state index contributed by atoms with van der Waals surface area (Å²) >= 11 is 0. The Hall–Kier alpha value is -1.43. The van der Waals surface area contributed by atoms with Crippen LogP contribution < -0.4 is 5.43 Å². The van der Waals surface area contributed by atoms with Crippen LogP contribution in [-0.4, -0.2) is 52.2 Å². The van der Waals surface area contributed by atoms with Gasteiger partial charge in [-0.2, -0.15) is 0 Å². The van der Waals surface area contributed by atoms with Crippen molar-refractivity contribution in [2.24, 2.45) is 0 Å². The minimum atomic E-state index is 0.144. The molecule has 108 valence electrons. The summed E-state index contributed by atoms with van der Waals surface area (Å²) in [6, 6.07) is 0. The third kappa shape index (κ3) is 4.31. The van der Waals surface area contributed by atoms with Crippen molar-refractivity contribution in [1.82, 2.24) is 19.8 Å². The van der Waals surface area contributed by atoms with E-state index in [1.54, 1.807) is 0 Å². The Balaban J connectivity index is 2.68. The molecule has 0 aliphatic heterocycles. The van der Waals surface area contributed by atoms with Gasteiger partial charge in [-0.05, 0) is 27.8 Å². The van der Waals surface area contributed by atoms with Crippen molar-refractivity contribution in [2.75, 3.05) is 26.1 Å². The highest BCUT2D eigenvalue weighted by molar-refractivity contribution is 5.49. The molecular weight excluding hydrogens is 242 g/mol. The second kappa shape index (κ2) is 6.65. The van der Waals surface area contributed by atoms with Crippen LogP contribution in [0.5, 0.6) is 0 Å². The van der Waals surface area contributed by atoms with E-state index in [0.29, 0.717) is 12.8 Å². The van der Waals surface area contributed by atoms with Crippen molar-refractivity contribution in [1.29, 1.82) is 0 Å². The lowest BCUT2D eigenvalue weighted by Gasteiger charge is -2.31. The van der Waals surface area contributed by atoms with Gasteiger partial charge in [0.1, 0.15) is 6.29 Å². The molecule has 0 radical (unpaired) electrons. The molecule has 1 heterocycles. The lowest BCUT2D eigenvalue weighted by atomic mass is 10.1. The smallest absolute Gasteiger partial charge is 0.153 e. The van der Waals surface area contributed by atoms with E-state index < -0.39 is 0 Å². The van der Waals surface area contributed by atoms with Crippen LogP contribution >= 0.6 is 0 Å². The van der Waals surface area contributed by atoms with Gasteiger partial charge in [0.05, 0.1) is 0 Å². The largest absolute Gasteiger partial charge is 0.326 e. The molecule has 1 aromatic heterocycles. The summed E-state index contributed by atoms with van der Waals surface area (Å²) in [5.41, 5.74) is 3.22. The van der Waals surface area contributed by atoms with Crippen LogP contribution in [0.2, 0.25) is 0 Å². The van der Waals surface area contributed by atoms with Crippen molar-refractivity contribution < 1.29 is 4.79 Å². The average molecular weight is 267 g/mol. The monoisotopic (exact) mass is 267 g/mol. The van der Waals surface area contributed by atoms with Crippen molar-refractivity contribution in [3.05, 3.63) is 11.6 Å². The van der Waals surface area contributed by atoms with Crippen LogP contribution in [0.4, 0.5) is 0 Å². The number of nitrogens with zero attached hydrogens (tertiary/aromatic N) is 4. The van der Waals surface area contributed by atoms with E-state index in [1.165, 1.54) is 0 Å². The fourth-order valence-corrected chi connectivity index (χ4v) is 1.73. The van der Waals surface area contributed by atoms with Gasteiger partial charge in [0, 0.05) is 38.4 Å². The van der Waals surface area contributed by atoms with Crippen LogP contribution in [0.25, 0.3) is 0 Å². The molecule has 0 bridgehead atoms. The molecule has 1 N–H and O–H groups in total. The van der Waals surface area contributed by atoms with Gasteiger partial charge in [-0.3, -0.25) is 0 Å². The first-order valence-electron chi connectivity index (χ1n) is 6.66. The molecule has 6 nitrogen and oxygen atoms in total. The quantitative estimate of drug-likeness (QED) is 0.742. The number of carbonyl (C=O) groups is 1. The zero-order valence-corrected chi connectivity index (χ0v) is 12.6. The predicted octanol–water partition coefficient (Wildman–Crippen LogP) is 0.856. The maximum Gasteiger partial charge on any atom is 0.153 e. The molecule has 0 aliphatic rings.